The lowest BCUT2D eigenvalue weighted by atomic mass is 9.92. The van der Waals surface area contributed by atoms with E-state index in [9.17, 15) is 9.18 Å². The van der Waals surface area contributed by atoms with Crippen LogP contribution in [-0.4, -0.2) is 5.91 Å². The van der Waals surface area contributed by atoms with Gasteiger partial charge in [0.15, 0.2) is 0 Å². The summed E-state index contributed by atoms with van der Waals surface area (Å²) >= 11 is 0. The molecule has 0 radical (unpaired) electrons. The maximum Gasteiger partial charge on any atom is 0.248 e. The standard InChI is InChI=1S/C16H16FNO/c1-10(2)14-8-7-13(17)9-15(14)11-3-5-12(6-4-11)16(18)19/h3-10H,1-2H3,(H2,18,19). The Morgan fingerprint density at radius 3 is 2.26 bits per heavy atom. The largest absolute Gasteiger partial charge is 0.366 e. The van der Waals surface area contributed by atoms with Crippen LogP contribution in [0.1, 0.15) is 35.7 Å². The van der Waals surface area contributed by atoms with E-state index in [1.807, 2.05) is 0 Å². The van der Waals surface area contributed by atoms with Gasteiger partial charge < -0.3 is 5.73 Å². The molecule has 0 saturated heterocycles. The first-order valence-electron chi connectivity index (χ1n) is 6.18. The topological polar surface area (TPSA) is 43.1 Å². The third kappa shape index (κ3) is 2.81. The lowest BCUT2D eigenvalue weighted by Gasteiger charge is -2.13. The molecule has 2 N–H and O–H groups in total. The number of rotatable bonds is 3. The summed E-state index contributed by atoms with van der Waals surface area (Å²) in [5.41, 5.74) is 8.47. The van der Waals surface area contributed by atoms with Crippen LogP contribution in [-0.2, 0) is 0 Å². The quantitative estimate of drug-likeness (QED) is 0.894. The first kappa shape index (κ1) is 13.3. The molecule has 0 aromatic heterocycles. The van der Waals surface area contributed by atoms with E-state index >= 15 is 0 Å². The number of amides is 1. The molecule has 0 heterocycles. The van der Waals surface area contributed by atoms with E-state index in [1.165, 1.54) is 12.1 Å². The average Bonchev–Trinajstić information content (AvgIpc) is 2.38. The predicted molar refractivity (Wildman–Crippen MR) is 74.4 cm³/mol. The molecule has 3 heteroatoms. The van der Waals surface area contributed by atoms with Crippen LogP contribution in [0.4, 0.5) is 4.39 Å². The van der Waals surface area contributed by atoms with Crippen molar-refractivity contribution in [2.45, 2.75) is 19.8 Å². The first-order valence-corrected chi connectivity index (χ1v) is 6.18. The second-order valence-corrected chi connectivity index (χ2v) is 4.83. The molecule has 0 unspecified atom stereocenters. The van der Waals surface area contributed by atoms with Gasteiger partial charge in [-0.05, 0) is 46.9 Å². The molecule has 98 valence electrons. The van der Waals surface area contributed by atoms with E-state index < -0.39 is 5.91 Å². The van der Waals surface area contributed by atoms with Gasteiger partial charge in [0.05, 0.1) is 0 Å². The van der Waals surface area contributed by atoms with Crippen LogP contribution in [0.25, 0.3) is 11.1 Å². The lowest BCUT2D eigenvalue weighted by Crippen LogP contribution is -2.10. The second-order valence-electron chi connectivity index (χ2n) is 4.83. The Labute approximate surface area is 112 Å². The zero-order valence-electron chi connectivity index (χ0n) is 11.0. The molecule has 0 spiro atoms. The molecule has 2 aromatic carbocycles. The van der Waals surface area contributed by atoms with Crippen LogP contribution in [0.15, 0.2) is 42.5 Å². The zero-order chi connectivity index (χ0) is 14.0. The molecule has 0 bridgehead atoms. The maximum absolute atomic E-state index is 13.4. The zero-order valence-corrected chi connectivity index (χ0v) is 11.0. The fraction of sp³-hybridized carbons (Fsp3) is 0.188. The molecule has 2 nitrogen and oxygen atoms in total. The highest BCUT2D eigenvalue weighted by Gasteiger charge is 2.10. The second kappa shape index (κ2) is 5.22. The predicted octanol–water partition coefficient (Wildman–Crippen LogP) is 3.72. The Bertz CT molecular complexity index is 603. The highest BCUT2D eigenvalue weighted by molar-refractivity contribution is 5.93. The van der Waals surface area contributed by atoms with E-state index in [4.69, 9.17) is 5.73 Å². The van der Waals surface area contributed by atoms with Gasteiger partial charge in [0, 0.05) is 5.56 Å². The Morgan fingerprint density at radius 1 is 1.11 bits per heavy atom. The van der Waals surface area contributed by atoms with Crippen LogP contribution in [0.2, 0.25) is 0 Å². The molecular formula is C16H16FNO. The Balaban J connectivity index is 2.51. The average molecular weight is 257 g/mol. The molecular weight excluding hydrogens is 241 g/mol. The fourth-order valence-corrected chi connectivity index (χ4v) is 2.10. The third-order valence-electron chi connectivity index (χ3n) is 3.12. The molecule has 0 aliphatic heterocycles. The van der Waals surface area contributed by atoms with Crippen LogP contribution in [0.3, 0.4) is 0 Å². The van der Waals surface area contributed by atoms with E-state index in [2.05, 4.69) is 13.8 Å². The van der Waals surface area contributed by atoms with Gasteiger partial charge >= 0.3 is 0 Å². The summed E-state index contributed by atoms with van der Waals surface area (Å²) in [5.74, 6) is -0.431. The molecule has 0 atom stereocenters. The van der Waals surface area contributed by atoms with Gasteiger partial charge in [-0.15, -0.1) is 0 Å². The first-order chi connectivity index (χ1) is 8.99. The summed E-state index contributed by atoms with van der Waals surface area (Å²) in [4.78, 5) is 11.0. The van der Waals surface area contributed by atoms with E-state index in [0.29, 0.717) is 11.5 Å². The van der Waals surface area contributed by atoms with Gasteiger partial charge in [-0.25, -0.2) is 4.39 Å². The third-order valence-corrected chi connectivity index (χ3v) is 3.12. The molecule has 0 aliphatic carbocycles. The highest BCUT2D eigenvalue weighted by Crippen LogP contribution is 2.30. The van der Waals surface area contributed by atoms with E-state index in [0.717, 1.165) is 16.7 Å². The van der Waals surface area contributed by atoms with Crippen molar-refractivity contribution in [1.82, 2.24) is 0 Å². The van der Waals surface area contributed by atoms with Gasteiger partial charge in [0.1, 0.15) is 5.82 Å². The normalized spacial score (nSPS) is 10.7. The SMILES string of the molecule is CC(C)c1ccc(F)cc1-c1ccc(C(N)=O)cc1. The van der Waals surface area contributed by atoms with Crippen LogP contribution < -0.4 is 5.73 Å². The minimum absolute atomic E-state index is 0.265. The van der Waals surface area contributed by atoms with Crippen molar-refractivity contribution in [2.75, 3.05) is 0 Å². The van der Waals surface area contributed by atoms with Gasteiger partial charge in [0.2, 0.25) is 5.91 Å². The summed E-state index contributed by atoms with van der Waals surface area (Å²) in [6, 6.07) is 11.7. The summed E-state index contributed by atoms with van der Waals surface area (Å²) in [6.45, 7) is 4.13. The molecule has 0 aliphatic rings. The van der Waals surface area contributed by atoms with E-state index in [-0.39, 0.29) is 5.82 Å². The maximum atomic E-state index is 13.4. The molecule has 1 amide bonds. The number of benzene rings is 2. The van der Waals surface area contributed by atoms with Crippen molar-refractivity contribution >= 4 is 5.91 Å². The van der Waals surface area contributed by atoms with Crippen molar-refractivity contribution in [3.05, 3.63) is 59.4 Å². The van der Waals surface area contributed by atoms with E-state index in [1.54, 1.807) is 30.3 Å². The monoisotopic (exact) mass is 257 g/mol. The molecule has 2 rings (SSSR count). The number of carbonyl (C=O) groups is 1. The van der Waals surface area contributed by atoms with Crippen molar-refractivity contribution in [3.63, 3.8) is 0 Å². The fourth-order valence-electron chi connectivity index (χ4n) is 2.10. The summed E-state index contributed by atoms with van der Waals surface area (Å²) in [7, 11) is 0. The minimum Gasteiger partial charge on any atom is -0.366 e. The molecule has 0 fully saturated rings. The van der Waals surface area contributed by atoms with Gasteiger partial charge in [-0.3, -0.25) is 4.79 Å². The Hall–Kier alpha value is -2.16. The number of hydrogen-bond acceptors (Lipinski definition) is 1. The van der Waals surface area contributed by atoms with Crippen LogP contribution in [0.5, 0.6) is 0 Å². The number of carbonyl (C=O) groups excluding carboxylic acids is 1. The number of primary amides is 1. The van der Waals surface area contributed by atoms with Gasteiger partial charge in [-0.1, -0.05) is 32.0 Å². The Morgan fingerprint density at radius 2 is 1.74 bits per heavy atom. The van der Waals surface area contributed by atoms with Crippen molar-refractivity contribution in [1.29, 1.82) is 0 Å². The number of halogens is 1. The highest BCUT2D eigenvalue weighted by atomic mass is 19.1. The minimum atomic E-state index is -0.463. The van der Waals surface area contributed by atoms with Gasteiger partial charge in [0.25, 0.3) is 0 Å². The Kier molecular flexibility index (Phi) is 3.65. The van der Waals surface area contributed by atoms with Gasteiger partial charge in [-0.2, -0.15) is 0 Å². The van der Waals surface area contributed by atoms with Crippen molar-refractivity contribution in [2.24, 2.45) is 5.73 Å². The van der Waals surface area contributed by atoms with Crippen LogP contribution in [0, 0.1) is 5.82 Å². The van der Waals surface area contributed by atoms with Crippen molar-refractivity contribution in [3.8, 4) is 11.1 Å². The number of nitrogens with two attached hydrogens (primary N) is 1. The summed E-state index contributed by atoms with van der Waals surface area (Å²) in [6.07, 6.45) is 0. The molecule has 2 aromatic rings. The summed E-state index contributed by atoms with van der Waals surface area (Å²) < 4.78 is 13.4. The van der Waals surface area contributed by atoms with Crippen molar-refractivity contribution < 1.29 is 9.18 Å². The van der Waals surface area contributed by atoms with Crippen LogP contribution >= 0.6 is 0 Å². The summed E-state index contributed by atoms with van der Waals surface area (Å²) in [5, 5.41) is 0. The smallest absolute Gasteiger partial charge is 0.248 e. The number of hydrogen-bond donors (Lipinski definition) is 1. The lowest BCUT2D eigenvalue weighted by molar-refractivity contribution is 0.100. The molecule has 19 heavy (non-hydrogen) atoms. The molecule has 0 saturated carbocycles.